The topological polar surface area (TPSA) is 77.3 Å². The number of aromatic nitrogens is 6. The molecule has 10 aromatic rings. The van der Waals surface area contributed by atoms with E-state index in [1.807, 2.05) is 85.5 Å². The molecule has 6 nitrogen and oxygen atoms in total. The van der Waals surface area contributed by atoms with Crippen molar-refractivity contribution >= 4 is 65.2 Å². The monoisotopic (exact) mass is 718 g/mol. The molecule has 6 aromatic heterocycles. The van der Waals surface area contributed by atoms with Gasteiger partial charge in [0.2, 0.25) is 0 Å². The molecule has 0 aliphatic rings. The van der Waals surface area contributed by atoms with Gasteiger partial charge in [-0.2, -0.15) is 0 Å². The third-order valence-electron chi connectivity index (χ3n) is 8.29. The fourth-order valence-electron chi connectivity index (χ4n) is 6.18. The predicted octanol–water partition coefficient (Wildman–Crippen LogP) is 10.0. The van der Waals surface area contributed by atoms with Crippen LogP contribution in [0.2, 0.25) is 0 Å². The van der Waals surface area contributed by atoms with Crippen LogP contribution in [0.25, 0.3) is 76.5 Å². The van der Waals surface area contributed by atoms with Gasteiger partial charge in [0.25, 0.3) is 0 Å². The van der Waals surface area contributed by atoms with Crippen LogP contribution in [0.1, 0.15) is 0 Å². The molecule has 0 radical (unpaired) electrons. The maximum atomic E-state index is 4.50. The molecule has 0 saturated heterocycles. The number of pyridine rings is 6. The molecular formula is C42H28N6Ru. The zero-order valence-corrected chi connectivity index (χ0v) is 27.9. The van der Waals surface area contributed by atoms with E-state index in [-0.39, 0.29) is 19.5 Å². The molecule has 0 atom stereocenters. The molecular weight excluding hydrogens is 690 g/mol. The average molecular weight is 718 g/mol. The quantitative estimate of drug-likeness (QED) is 0.124. The second kappa shape index (κ2) is 14.4. The molecule has 4 aromatic carbocycles. The summed E-state index contributed by atoms with van der Waals surface area (Å²) >= 11 is 0. The average Bonchev–Trinajstić information content (AvgIpc) is 3.19. The minimum atomic E-state index is 0. The Morgan fingerprint density at radius 2 is 0.469 bits per heavy atom. The largest absolute Gasteiger partial charge is 0.255 e. The summed E-state index contributed by atoms with van der Waals surface area (Å²) in [5, 5.41) is 9.61. The summed E-state index contributed by atoms with van der Waals surface area (Å²) in [5.74, 6) is 0. The second-order valence-corrected chi connectivity index (χ2v) is 11.1. The molecule has 49 heavy (non-hydrogen) atoms. The summed E-state index contributed by atoms with van der Waals surface area (Å²) in [4.78, 5) is 26.4. The van der Waals surface area contributed by atoms with Gasteiger partial charge >= 0.3 is 0 Å². The van der Waals surface area contributed by atoms with E-state index in [9.17, 15) is 0 Å². The van der Waals surface area contributed by atoms with Gasteiger partial charge in [0.15, 0.2) is 0 Å². The van der Waals surface area contributed by atoms with Gasteiger partial charge in [-0.15, -0.1) is 0 Å². The van der Waals surface area contributed by atoms with Crippen LogP contribution >= 0.6 is 0 Å². The zero-order chi connectivity index (χ0) is 32.1. The Morgan fingerprint density at radius 3 is 0.735 bits per heavy atom. The first kappa shape index (κ1) is 31.6. The van der Waals surface area contributed by atoms with Crippen molar-refractivity contribution in [3.05, 3.63) is 171 Å². The Balaban J connectivity index is 0.000000117. The first-order chi connectivity index (χ1) is 23.9. The molecule has 10 rings (SSSR count). The Hall–Kier alpha value is -6.04. The van der Waals surface area contributed by atoms with Crippen LogP contribution in [0.3, 0.4) is 0 Å². The zero-order valence-electron chi connectivity index (χ0n) is 26.2. The SMILES string of the molecule is [Ru].c1ccc(-c2ccccn2)nc1.c1ccc2c(c1)c1cccnc1c1ncccc21.c1ccc2c(c1)c1cccnc1c1ncccc21. The van der Waals surface area contributed by atoms with Gasteiger partial charge in [0, 0.05) is 78.2 Å². The molecule has 0 spiro atoms. The van der Waals surface area contributed by atoms with Crippen molar-refractivity contribution in [2.45, 2.75) is 0 Å². The number of benzene rings is 4. The molecule has 7 heteroatoms. The number of hydrogen-bond acceptors (Lipinski definition) is 6. The maximum Gasteiger partial charge on any atom is 0.0970 e. The van der Waals surface area contributed by atoms with Gasteiger partial charge in [0.1, 0.15) is 0 Å². The van der Waals surface area contributed by atoms with E-state index in [0.717, 1.165) is 33.5 Å². The maximum absolute atomic E-state index is 4.50. The first-order valence-corrected chi connectivity index (χ1v) is 15.7. The molecule has 0 saturated carbocycles. The Kier molecular flexibility index (Phi) is 9.26. The van der Waals surface area contributed by atoms with E-state index >= 15 is 0 Å². The first-order valence-electron chi connectivity index (χ1n) is 15.7. The molecule has 6 heterocycles. The van der Waals surface area contributed by atoms with Crippen molar-refractivity contribution < 1.29 is 19.5 Å². The minimum absolute atomic E-state index is 0. The van der Waals surface area contributed by atoms with Crippen LogP contribution in [0.4, 0.5) is 0 Å². The van der Waals surface area contributed by atoms with E-state index in [1.165, 1.54) is 43.1 Å². The van der Waals surface area contributed by atoms with Crippen LogP contribution < -0.4 is 0 Å². The molecule has 0 aliphatic heterocycles. The van der Waals surface area contributed by atoms with Crippen molar-refractivity contribution in [2.75, 3.05) is 0 Å². The van der Waals surface area contributed by atoms with Crippen molar-refractivity contribution in [3.63, 3.8) is 0 Å². The standard InChI is InChI=1S/2C16H10N2.C10H8N2.Ru/c2*1-2-6-12-11(5-1)13-7-3-9-17-15(13)16-14(12)8-4-10-18-16;1-3-7-11-9(5-1)10-6-2-4-8-12-10;/h2*1-10H;1-8H;. The van der Waals surface area contributed by atoms with E-state index in [1.54, 1.807) is 12.4 Å². The third kappa shape index (κ3) is 6.20. The summed E-state index contributed by atoms with van der Waals surface area (Å²) in [6, 6.07) is 44.8. The molecule has 0 unspecified atom stereocenters. The van der Waals surface area contributed by atoms with Gasteiger partial charge in [-0.05, 0) is 70.1 Å². The van der Waals surface area contributed by atoms with Crippen molar-refractivity contribution in [1.29, 1.82) is 0 Å². The Bertz CT molecular complexity index is 2060. The van der Waals surface area contributed by atoms with Crippen LogP contribution in [0.15, 0.2) is 171 Å². The van der Waals surface area contributed by atoms with Gasteiger partial charge in [-0.1, -0.05) is 84.9 Å². The van der Waals surface area contributed by atoms with Crippen LogP contribution in [0, 0.1) is 0 Å². The third-order valence-corrected chi connectivity index (χ3v) is 8.29. The Morgan fingerprint density at radius 1 is 0.224 bits per heavy atom. The van der Waals surface area contributed by atoms with Gasteiger partial charge < -0.3 is 0 Å². The van der Waals surface area contributed by atoms with Crippen molar-refractivity contribution in [1.82, 2.24) is 29.9 Å². The van der Waals surface area contributed by atoms with Gasteiger partial charge in [-0.25, -0.2) is 0 Å². The summed E-state index contributed by atoms with van der Waals surface area (Å²) < 4.78 is 0. The van der Waals surface area contributed by atoms with E-state index in [2.05, 4.69) is 103 Å². The molecule has 0 amide bonds. The molecule has 0 aliphatic carbocycles. The van der Waals surface area contributed by atoms with Crippen molar-refractivity contribution in [3.8, 4) is 11.4 Å². The molecule has 0 fully saturated rings. The van der Waals surface area contributed by atoms with E-state index in [0.29, 0.717) is 0 Å². The van der Waals surface area contributed by atoms with Gasteiger partial charge in [-0.3, -0.25) is 29.9 Å². The minimum Gasteiger partial charge on any atom is -0.255 e. The fraction of sp³-hybridized carbons (Fsp3) is 0. The van der Waals surface area contributed by atoms with E-state index in [4.69, 9.17) is 0 Å². The fourth-order valence-corrected chi connectivity index (χ4v) is 6.18. The van der Waals surface area contributed by atoms with Crippen LogP contribution in [-0.2, 0) is 19.5 Å². The molecule has 234 valence electrons. The van der Waals surface area contributed by atoms with E-state index < -0.39 is 0 Å². The van der Waals surface area contributed by atoms with Crippen LogP contribution in [-0.4, -0.2) is 29.9 Å². The van der Waals surface area contributed by atoms with Gasteiger partial charge in [0.05, 0.1) is 33.5 Å². The number of hydrogen-bond donors (Lipinski definition) is 0. The second-order valence-electron chi connectivity index (χ2n) is 11.1. The summed E-state index contributed by atoms with van der Waals surface area (Å²) in [7, 11) is 0. The number of nitrogens with zero attached hydrogens (tertiary/aromatic N) is 6. The summed E-state index contributed by atoms with van der Waals surface area (Å²) in [6.45, 7) is 0. The number of fused-ring (bicyclic) bond motifs is 12. The van der Waals surface area contributed by atoms with Crippen LogP contribution in [0.5, 0.6) is 0 Å². The summed E-state index contributed by atoms with van der Waals surface area (Å²) in [5.41, 5.74) is 5.74. The molecule has 0 N–H and O–H groups in total. The Labute approximate surface area is 295 Å². The smallest absolute Gasteiger partial charge is 0.0970 e. The number of rotatable bonds is 1. The molecule has 0 bridgehead atoms. The summed E-state index contributed by atoms with van der Waals surface area (Å²) in [6.07, 6.45) is 10.8. The normalized spacial score (nSPS) is 10.7. The van der Waals surface area contributed by atoms with Crippen molar-refractivity contribution in [2.24, 2.45) is 0 Å². The predicted molar refractivity (Wildman–Crippen MR) is 197 cm³/mol.